The van der Waals surface area contributed by atoms with Gasteiger partial charge in [0, 0.05) is 7.05 Å². The molecule has 0 spiro atoms. The molecular formula is C12H19ClN2O2. The van der Waals surface area contributed by atoms with Gasteiger partial charge in [0.2, 0.25) is 0 Å². The fraction of sp³-hybridized carbons (Fsp3) is 0.667. The van der Waals surface area contributed by atoms with Crippen molar-refractivity contribution in [2.45, 2.75) is 45.6 Å². The van der Waals surface area contributed by atoms with Gasteiger partial charge < -0.3 is 5.11 Å². The SMILES string of the molecule is CCc1nn(C)c(CC(=O)C(C)(O)CC)c1Cl. The van der Waals surface area contributed by atoms with E-state index < -0.39 is 5.60 Å². The van der Waals surface area contributed by atoms with Crippen molar-refractivity contribution in [3.05, 3.63) is 16.4 Å². The number of carbonyl (C=O) groups is 1. The quantitative estimate of drug-likeness (QED) is 0.878. The minimum Gasteiger partial charge on any atom is -0.382 e. The minimum atomic E-state index is -1.29. The molecule has 0 aliphatic heterocycles. The Balaban J connectivity index is 2.97. The van der Waals surface area contributed by atoms with Crippen LogP contribution in [0.3, 0.4) is 0 Å². The molecule has 1 N–H and O–H groups in total. The van der Waals surface area contributed by atoms with Crippen molar-refractivity contribution in [1.82, 2.24) is 9.78 Å². The molecule has 17 heavy (non-hydrogen) atoms. The first-order valence-corrected chi connectivity index (χ1v) is 6.17. The van der Waals surface area contributed by atoms with Gasteiger partial charge in [-0.1, -0.05) is 25.4 Å². The van der Waals surface area contributed by atoms with E-state index in [2.05, 4.69) is 5.10 Å². The van der Waals surface area contributed by atoms with Crippen molar-refractivity contribution in [3.8, 4) is 0 Å². The Bertz CT molecular complexity index is 424. The second kappa shape index (κ2) is 5.19. The predicted octanol–water partition coefficient (Wildman–Crippen LogP) is 1.91. The van der Waals surface area contributed by atoms with E-state index in [0.717, 1.165) is 12.1 Å². The second-order valence-electron chi connectivity index (χ2n) is 4.41. The maximum Gasteiger partial charge on any atom is 0.170 e. The number of aromatic nitrogens is 2. The fourth-order valence-corrected chi connectivity index (χ4v) is 1.91. The summed E-state index contributed by atoms with van der Waals surface area (Å²) in [6.45, 7) is 5.27. The Hall–Kier alpha value is -0.870. The summed E-state index contributed by atoms with van der Waals surface area (Å²) in [4.78, 5) is 11.9. The van der Waals surface area contributed by atoms with E-state index in [-0.39, 0.29) is 12.2 Å². The summed E-state index contributed by atoms with van der Waals surface area (Å²) in [5.41, 5.74) is 0.162. The van der Waals surface area contributed by atoms with Gasteiger partial charge in [-0.2, -0.15) is 5.10 Å². The van der Waals surface area contributed by atoms with Crippen LogP contribution in [-0.4, -0.2) is 26.3 Å². The Morgan fingerprint density at radius 2 is 2.12 bits per heavy atom. The highest BCUT2D eigenvalue weighted by molar-refractivity contribution is 6.32. The van der Waals surface area contributed by atoms with E-state index in [1.165, 1.54) is 6.92 Å². The van der Waals surface area contributed by atoms with Gasteiger partial charge in [0.05, 0.1) is 22.8 Å². The van der Waals surface area contributed by atoms with Crippen LogP contribution in [0.25, 0.3) is 0 Å². The highest BCUT2D eigenvalue weighted by Crippen LogP contribution is 2.23. The molecule has 0 radical (unpaired) electrons. The first kappa shape index (κ1) is 14.2. The zero-order valence-electron chi connectivity index (χ0n) is 10.7. The van der Waals surface area contributed by atoms with Crippen LogP contribution in [0.5, 0.6) is 0 Å². The van der Waals surface area contributed by atoms with E-state index in [9.17, 15) is 9.90 Å². The molecule has 0 aromatic carbocycles. The van der Waals surface area contributed by atoms with Crippen molar-refractivity contribution in [1.29, 1.82) is 0 Å². The average Bonchev–Trinajstić information content (AvgIpc) is 2.56. The number of hydrogen-bond acceptors (Lipinski definition) is 3. The van der Waals surface area contributed by atoms with Gasteiger partial charge in [-0.25, -0.2) is 0 Å². The normalized spacial score (nSPS) is 14.7. The van der Waals surface area contributed by atoms with Crippen LogP contribution in [0.2, 0.25) is 5.02 Å². The van der Waals surface area contributed by atoms with Crippen LogP contribution in [0.4, 0.5) is 0 Å². The second-order valence-corrected chi connectivity index (χ2v) is 4.79. The number of Topliss-reactive ketones (excluding diaryl/α,β-unsaturated/α-hetero) is 1. The van der Waals surface area contributed by atoms with Crippen LogP contribution >= 0.6 is 11.6 Å². The third-order valence-electron chi connectivity index (χ3n) is 3.12. The number of rotatable bonds is 5. The third-order valence-corrected chi connectivity index (χ3v) is 3.56. The zero-order valence-corrected chi connectivity index (χ0v) is 11.5. The summed E-state index contributed by atoms with van der Waals surface area (Å²) in [6.07, 6.45) is 1.23. The molecule has 0 aliphatic carbocycles. The molecule has 1 heterocycles. The zero-order chi connectivity index (χ0) is 13.2. The van der Waals surface area contributed by atoms with Crippen molar-refractivity contribution in [2.75, 3.05) is 0 Å². The molecule has 0 aliphatic rings. The summed E-state index contributed by atoms with van der Waals surface area (Å²) in [5.74, 6) is -0.229. The van der Waals surface area contributed by atoms with Crippen molar-refractivity contribution >= 4 is 17.4 Å². The van der Waals surface area contributed by atoms with Gasteiger partial charge in [-0.05, 0) is 19.8 Å². The standard InChI is InChI=1S/C12H19ClN2O2/c1-5-8-11(13)9(15(4)14-8)7-10(16)12(3,17)6-2/h17H,5-7H2,1-4H3. The lowest BCUT2D eigenvalue weighted by molar-refractivity contribution is -0.135. The molecule has 4 nitrogen and oxygen atoms in total. The lowest BCUT2D eigenvalue weighted by atomic mass is 9.94. The molecule has 1 unspecified atom stereocenters. The first-order chi connectivity index (χ1) is 7.83. The lowest BCUT2D eigenvalue weighted by Crippen LogP contribution is -2.35. The van der Waals surface area contributed by atoms with Gasteiger partial charge in [-0.15, -0.1) is 0 Å². The molecule has 5 heteroatoms. The predicted molar refractivity (Wildman–Crippen MR) is 67.2 cm³/mol. The number of hydrogen-bond donors (Lipinski definition) is 1. The van der Waals surface area contributed by atoms with Crippen molar-refractivity contribution in [3.63, 3.8) is 0 Å². The van der Waals surface area contributed by atoms with Crippen molar-refractivity contribution < 1.29 is 9.90 Å². The molecule has 0 saturated heterocycles. The average molecular weight is 259 g/mol. The van der Waals surface area contributed by atoms with Gasteiger partial charge in [0.1, 0.15) is 5.60 Å². The molecule has 1 rings (SSSR count). The third kappa shape index (κ3) is 2.87. The molecule has 0 amide bonds. The van der Waals surface area contributed by atoms with Gasteiger partial charge >= 0.3 is 0 Å². The van der Waals surface area contributed by atoms with Crippen LogP contribution < -0.4 is 0 Å². The van der Waals surface area contributed by atoms with E-state index in [1.807, 2.05) is 6.92 Å². The Kier molecular flexibility index (Phi) is 4.33. The molecule has 0 bridgehead atoms. The van der Waals surface area contributed by atoms with Crippen LogP contribution in [-0.2, 0) is 24.7 Å². The highest BCUT2D eigenvalue weighted by Gasteiger charge is 2.29. The van der Waals surface area contributed by atoms with E-state index in [1.54, 1.807) is 18.7 Å². The van der Waals surface area contributed by atoms with Crippen molar-refractivity contribution in [2.24, 2.45) is 7.05 Å². The highest BCUT2D eigenvalue weighted by atomic mass is 35.5. The van der Waals surface area contributed by atoms with Crippen LogP contribution in [0.1, 0.15) is 38.6 Å². The molecule has 1 atom stereocenters. The molecule has 0 saturated carbocycles. The number of carbonyl (C=O) groups excluding carboxylic acids is 1. The van der Waals surface area contributed by atoms with E-state index in [4.69, 9.17) is 11.6 Å². The summed E-state index contributed by atoms with van der Waals surface area (Å²) in [7, 11) is 1.76. The molecule has 96 valence electrons. The van der Waals surface area contributed by atoms with Gasteiger partial charge in [-0.3, -0.25) is 9.48 Å². The molecule has 1 aromatic rings. The van der Waals surface area contributed by atoms with E-state index in [0.29, 0.717) is 17.1 Å². The Labute approximate surface area is 107 Å². The van der Waals surface area contributed by atoms with Gasteiger partial charge in [0.25, 0.3) is 0 Å². The summed E-state index contributed by atoms with van der Waals surface area (Å²) >= 11 is 6.15. The summed E-state index contributed by atoms with van der Waals surface area (Å²) in [5, 5.41) is 14.7. The number of ketones is 1. The number of nitrogens with zero attached hydrogens (tertiary/aromatic N) is 2. The summed E-state index contributed by atoms with van der Waals surface area (Å²) in [6, 6.07) is 0. The van der Waals surface area contributed by atoms with Crippen LogP contribution in [0.15, 0.2) is 0 Å². The maximum absolute atomic E-state index is 11.9. The number of aryl methyl sites for hydroxylation is 2. The monoisotopic (exact) mass is 258 g/mol. The number of aliphatic hydroxyl groups is 1. The lowest BCUT2D eigenvalue weighted by Gasteiger charge is -2.19. The largest absolute Gasteiger partial charge is 0.382 e. The molecule has 0 fully saturated rings. The molecule has 1 aromatic heterocycles. The minimum absolute atomic E-state index is 0.114. The first-order valence-electron chi connectivity index (χ1n) is 5.79. The van der Waals surface area contributed by atoms with Gasteiger partial charge in [0.15, 0.2) is 5.78 Å². The van der Waals surface area contributed by atoms with Crippen LogP contribution in [0, 0.1) is 0 Å². The number of halogens is 1. The fourth-order valence-electron chi connectivity index (χ4n) is 1.55. The topological polar surface area (TPSA) is 55.1 Å². The summed E-state index contributed by atoms with van der Waals surface area (Å²) < 4.78 is 1.62. The molecular weight excluding hydrogens is 240 g/mol. The maximum atomic E-state index is 11.9. The Morgan fingerprint density at radius 3 is 2.53 bits per heavy atom. The smallest absolute Gasteiger partial charge is 0.170 e. The van der Waals surface area contributed by atoms with E-state index >= 15 is 0 Å². The Morgan fingerprint density at radius 1 is 1.53 bits per heavy atom.